The molecule has 0 bridgehead atoms. The van der Waals surface area contributed by atoms with Crippen molar-refractivity contribution in [2.45, 2.75) is 61.9 Å². The Morgan fingerprint density at radius 2 is 2.05 bits per heavy atom. The number of hydrogen-bond donors (Lipinski definition) is 0. The monoisotopic (exact) mass is 390 g/mol. The Labute approximate surface area is 132 Å². The molecule has 0 radical (unpaired) electrons. The molecule has 0 saturated carbocycles. The van der Waals surface area contributed by atoms with Crippen LogP contribution in [0.25, 0.3) is 0 Å². The molecule has 0 aromatic carbocycles. The predicted octanol–water partition coefficient (Wildman–Crippen LogP) is 4.48. The topological polar surface area (TPSA) is 18.5 Å². The molecule has 0 spiro atoms. The van der Waals surface area contributed by atoms with Crippen molar-refractivity contribution in [2.24, 2.45) is 0 Å². The Hall–Kier alpha value is 0.140. The van der Waals surface area contributed by atoms with E-state index in [9.17, 15) is 0 Å². The van der Waals surface area contributed by atoms with E-state index in [0.29, 0.717) is 4.83 Å². The molecule has 1 fully saturated rings. The first-order valence-corrected chi connectivity index (χ1v) is 8.69. The van der Waals surface area contributed by atoms with Crippen LogP contribution in [0.1, 0.15) is 32.6 Å². The predicted molar refractivity (Wildman–Crippen MR) is 84.9 cm³/mol. The van der Waals surface area contributed by atoms with Gasteiger partial charge in [0.15, 0.2) is 0 Å². The summed E-state index contributed by atoms with van der Waals surface area (Å²) >= 11 is 6.97. The summed E-state index contributed by atoms with van der Waals surface area (Å²) in [4.78, 5) is 2.12. The minimum atomic E-state index is 0.114. The van der Waals surface area contributed by atoms with Gasteiger partial charge in [-0.2, -0.15) is 0 Å². The fraction of sp³-hybridized carbons (Fsp3) is 0.667. The van der Waals surface area contributed by atoms with Gasteiger partial charge in [0.1, 0.15) is 0 Å². The van der Waals surface area contributed by atoms with Gasteiger partial charge in [0.05, 0.1) is 24.4 Å². The summed E-state index contributed by atoms with van der Waals surface area (Å²) in [6, 6.07) is 0. The highest BCUT2D eigenvalue weighted by Gasteiger charge is 2.37. The third-order valence-corrected chi connectivity index (χ3v) is 4.85. The Bertz CT molecular complexity index is 374. The number of rotatable bonds is 2. The molecule has 5 atom stereocenters. The van der Waals surface area contributed by atoms with Crippen LogP contribution in [0.2, 0.25) is 0 Å². The second-order valence-corrected chi connectivity index (χ2v) is 6.61. The first-order chi connectivity index (χ1) is 9.24. The van der Waals surface area contributed by atoms with Gasteiger partial charge in [-0.3, -0.25) is 0 Å². The summed E-state index contributed by atoms with van der Waals surface area (Å²) in [6.07, 6.45) is 11.0. The van der Waals surface area contributed by atoms with Crippen molar-refractivity contribution in [3.8, 4) is 0 Å². The van der Waals surface area contributed by atoms with Gasteiger partial charge in [0.25, 0.3) is 0 Å². The smallest absolute Gasteiger partial charge is 0.0880 e. The number of allylic oxidation sites excluding steroid dienone is 1. The molecule has 0 aromatic heterocycles. The Morgan fingerprint density at radius 1 is 1.26 bits per heavy atom. The maximum atomic E-state index is 6.29. The fourth-order valence-electron chi connectivity index (χ4n) is 2.62. The van der Waals surface area contributed by atoms with Crippen molar-refractivity contribution in [2.75, 3.05) is 0 Å². The van der Waals surface area contributed by atoms with Gasteiger partial charge in [0, 0.05) is 16.2 Å². The van der Waals surface area contributed by atoms with E-state index in [1.54, 1.807) is 4.99 Å². The highest BCUT2D eigenvalue weighted by atomic mass is 79.9. The highest BCUT2D eigenvalue weighted by Crippen LogP contribution is 2.31. The van der Waals surface area contributed by atoms with E-state index in [2.05, 4.69) is 56.7 Å². The Morgan fingerprint density at radius 3 is 2.79 bits per heavy atom. The highest BCUT2D eigenvalue weighted by molar-refractivity contribution is 9.11. The van der Waals surface area contributed by atoms with Gasteiger partial charge in [-0.25, -0.2) is 0 Å². The second kappa shape index (κ2) is 7.80. The fourth-order valence-corrected chi connectivity index (χ4v) is 3.49. The largest absolute Gasteiger partial charge is 0.371 e. The minimum absolute atomic E-state index is 0.114. The van der Waals surface area contributed by atoms with E-state index in [1.165, 1.54) is 0 Å². The van der Waals surface area contributed by atoms with Gasteiger partial charge in [-0.1, -0.05) is 50.9 Å². The zero-order chi connectivity index (χ0) is 13.7. The molecule has 2 heterocycles. The molecule has 1 saturated heterocycles. The Kier molecular flexibility index (Phi) is 6.37. The maximum Gasteiger partial charge on any atom is 0.0880 e. The van der Waals surface area contributed by atoms with Gasteiger partial charge >= 0.3 is 0 Å². The van der Waals surface area contributed by atoms with E-state index in [1.807, 2.05) is 6.08 Å². The first kappa shape index (κ1) is 15.5. The average Bonchev–Trinajstić information content (AvgIpc) is 2.81. The third kappa shape index (κ3) is 4.30. The lowest BCUT2D eigenvalue weighted by Gasteiger charge is -2.26. The maximum absolute atomic E-state index is 6.29. The van der Waals surface area contributed by atoms with E-state index in [4.69, 9.17) is 9.47 Å². The first-order valence-electron chi connectivity index (χ1n) is 6.85. The molecule has 0 amide bonds. The molecule has 2 rings (SSSR count). The lowest BCUT2D eigenvalue weighted by atomic mass is 10.1. The van der Waals surface area contributed by atoms with Crippen molar-refractivity contribution < 1.29 is 9.47 Å². The standard InChI is InChI=1S/C15H20Br2O2/c1-2-13-12(17)7-3-4-8-14-15(19-13)10-11(18-14)6-5-9-16/h3-4,6,9,11-15H,2,7-8,10H2,1H3/t5?,11-,12-,13+,14+,15+/m0/s1. The SMILES string of the molecule is CC[C@H]1O[C@@H]2C[C@H](C=C=CBr)O[C@@H]2CC=CC[C@@H]1Br. The quantitative estimate of drug-likeness (QED) is 0.392. The van der Waals surface area contributed by atoms with E-state index in [0.717, 1.165) is 25.7 Å². The second-order valence-electron chi connectivity index (χ2n) is 4.97. The zero-order valence-corrected chi connectivity index (χ0v) is 14.3. The molecule has 2 aliphatic heterocycles. The molecule has 2 aliphatic rings. The number of fused-ring (bicyclic) bond motifs is 1. The van der Waals surface area contributed by atoms with Gasteiger partial charge in [0.2, 0.25) is 0 Å². The van der Waals surface area contributed by atoms with Crippen molar-refractivity contribution >= 4 is 31.9 Å². The summed E-state index contributed by atoms with van der Waals surface area (Å²) in [5.74, 6) is 0. The van der Waals surface area contributed by atoms with Gasteiger partial charge < -0.3 is 9.47 Å². The lowest BCUT2D eigenvalue weighted by molar-refractivity contribution is -0.0522. The molecule has 106 valence electrons. The normalized spacial score (nSPS) is 38.6. The lowest BCUT2D eigenvalue weighted by Crippen LogP contribution is -2.32. The van der Waals surface area contributed by atoms with Gasteiger partial charge in [-0.05, 0) is 25.3 Å². The van der Waals surface area contributed by atoms with Crippen LogP contribution >= 0.6 is 31.9 Å². The van der Waals surface area contributed by atoms with Crippen LogP contribution in [0.4, 0.5) is 0 Å². The summed E-state index contributed by atoms with van der Waals surface area (Å²) < 4.78 is 12.3. The van der Waals surface area contributed by atoms with Crippen molar-refractivity contribution in [1.82, 2.24) is 0 Å². The Balaban J connectivity index is 2.08. The number of alkyl halides is 1. The molecule has 2 nitrogen and oxygen atoms in total. The summed E-state index contributed by atoms with van der Waals surface area (Å²) in [5, 5.41) is 0. The van der Waals surface area contributed by atoms with Crippen LogP contribution in [0.5, 0.6) is 0 Å². The molecule has 0 unspecified atom stereocenters. The molecule has 0 aromatic rings. The molecule has 19 heavy (non-hydrogen) atoms. The molecular formula is C15H20Br2O2. The third-order valence-electron chi connectivity index (χ3n) is 3.63. The minimum Gasteiger partial charge on any atom is -0.371 e. The summed E-state index contributed by atoms with van der Waals surface area (Å²) in [6.45, 7) is 2.18. The van der Waals surface area contributed by atoms with Crippen LogP contribution in [0, 0.1) is 0 Å². The number of ether oxygens (including phenoxy) is 2. The summed E-state index contributed by atoms with van der Waals surface area (Å²) in [5.41, 5.74) is 3.04. The molecular weight excluding hydrogens is 372 g/mol. The van der Waals surface area contributed by atoms with Crippen LogP contribution < -0.4 is 0 Å². The van der Waals surface area contributed by atoms with Crippen LogP contribution in [0.3, 0.4) is 0 Å². The van der Waals surface area contributed by atoms with E-state index < -0.39 is 0 Å². The summed E-state index contributed by atoms with van der Waals surface area (Å²) in [7, 11) is 0. The van der Waals surface area contributed by atoms with E-state index >= 15 is 0 Å². The average molecular weight is 392 g/mol. The zero-order valence-electron chi connectivity index (χ0n) is 11.1. The number of halogens is 2. The molecule has 0 N–H and O–H groups in total. The van der Waals surface area contributed by atoms with Crippen molar-refractivity contribution in [3.63, 3.8) is 0 Å². The van der Waals surface area contributed by atoms with Gasteiger partial charge in [-0.15, -0.1) is 5.73 Å². The van der Waals surface area contributed by atoms with Crippen LogP contribution in [0.15, 0.2) is 28.9 Å². The van der Waals surface area contributed by atoms with E-state index in [-0.39, 0.29) is 24.4 Å². The molecule has 0 aliphatic carbocycles. The number of hydrogen-bond acceptors (Lipinski definition) is 2. The van der Waals surface area contributed by atoms with Crippen LogP contribution in [-0.4, -0.2) is 29.2 Å². The van der Waals surface area contributed by atoms with Crippen LogP contribution in [-0.2, 0) is 9.47 Å². The van der Waals surface area contributed by atoms with Crippen molar-refractivity contribution in [1.29, 1.82) is 0 Å². The molecule has 4 heteroatoms. The van der Waals surface area contributed by atoms with Crippen molar-refractivity contribution in [3.05, 3.63) is 28.9 Å².